The first-order valence-corrected chi connectivity index (χ1v) is 9.99. The van der Waals surface area contributed by atoms with Gasteiger partial charge in [-0.1, -0.05) is 12.6 Å². The topological polar surface area (TPSA) is 92.1 Å². The van der Waals surface area contributed by atoms with Gasteiger partial charge in [-0.3, -0.25) is 0 Å². The molecule has 0 spiro atoms. The summed E-state index contributed by atoms with van der Waals surface area (Å²) in [4.78, 5) is 14.5. The molecular weight excluding hydrogens is 420 g/mol. The van der Waals surface area contributed by atoms with E-state index in [1.807, 2.05) is 24.5 Å². The second-order valence-corrected chi connectivity index (χ2v) is 7.75. The van der Waals surface area contributed by atoms with Gasteiger partial charge in [0.25, 0.3) is 0 Å². The van der Waals surface area contributed by atoms with Crippen LogP contribution in [0.25, 0.3) is 16.7 Å². The Morgan fingerprint density at radius 2 is 2.32 bits per heavy atom. The lowest BCUT2D eigenvalue weighted by Crippen LogP contribution is -2.43. The number of rotatable bonds is 5. The molecule has 0 aliphatic carbocycles. The third kappa shape index (κ3) is 3.57. The number of aromatic amines is 1. The molecule has 28 heavy (non-hydrogen) atoms. The molecule has 4 N–H and O–H groups in total. The Morgan fingerprint density at radius 3 is 3.11 bits per heavy atom. The number of ether oxygens (including phenoxy) is 1. The van der Waals surface area contributed by atoms with E-state index in [1.165, 1.54) is 0 Å². The van der Waals surface area contributed by atoms with Crippen molar-refractivity contribution in [2.24, 2.45) is 5.73 Å². The SMILES string of the molecule is C=C(Nc1c[nH]c2ncc(Br)c(N3CCC[C@@H](N)C3)c12)c1cccc(OC)n1. The molecule has 0 bridgehead atoms. The number of nitrogens with one attached hydrogen (secondary N) is 2. The van der Waals surface area contributed by atoms with Crippen LogP contribution in [-0.4, -0.2) is 41.2 Å². The first-order valence-electron chi connectivity index (χ1n) is 9.20. The summed E-state index contributed by atoms with van der Waals surface area (Å²) >= 11 is 3.68. The Bertz CT molecular complexity index is 1020. The predicted molar refractivity (Wildman–Crippen MR) is 117 cm³/mol. The number of methoxy groups -OCH3 is 1. The molecule has 0 unspecified atom stereocenters. The molecule has 1 fully saturated rings. The first-order chi connectivity index (χ1) is 13.6. The molecule has 1 atom stereocenters. The molecule has 0 radical (unpaired) electrons. The minimum Gasteiger partial charge on any atom is -0.481 e. The van der Waals surface area contributed by atoms with E-state index in [4.69, 9.17) is 10.5 Å². The second kappa shape index (κ2) is 7.81. The van der Waals surface area contributed by atoms with Gasteiger partial charge in [0.2, 0.25) is 5.88 Å². The average molecular weight is 443 g/mol. The standard InChI is InChI=1S/C20H23BrN6O/c1-12(15-6-3-7-17(26-15)28-2)25-16-10-24-20-18(16)19(14(21)9-23-20)27-8-4-5-13(22)11-27/h3,6-7,9-10,13,25H,1,4-5,8,11,22H2,2H3,(H,23,24)/t13-/m1/s1. The van der Waals surface area contributed by atoms with E-state index < -0.39 is 0 Å². The van der Waals surface area contributed by atoms with E-state index in [9.17, 15) is 0 Å². The summed E-state index contributed by atoms with van der Waals surface area (Å²) in [6, 6.07) is 5.77. The highest BCUT2D eigenvalue weighted by Crippen LogP contribution is 2.39. The van der Waals surface area contributed by atoms with E-state index in [-0.39, 0.29) is 6.04 Å². The summed E-state index contributed by atoms with van der Waals surface area (Å²) in [7, 11) is 1.60. The Labute approximate surface area is 172 Å². The summed E-state index contributed by atoms with van der Waals surface area (Å²) in [6.07, 6.45) is 5.86. The van der Waals surface area contributed by atoms with Crippen LogP contribution in [0.5, 0.6) is 5.88 Å². The minimum atomic E-state index is 0.176. The smallest absolute Gasteiger partial charge is 0.213 e. The number of anilines is 2. The summed E-state index contributed by atoms with van der Waals surface area (Å²) in [5.41, 5.74) is 10.4. The van der Waals surface area contributed by atoms with Crippen LogP contribution in [0.1, 0.15) is 18.5 Å². The van der Waals surface area contributed by atoms with Gasteiger partial charge in [0.15, 0.2) is 0 Å². The van der Waals surface area contributed by atoms with Crippen LogP contribution in [0.2, 0.25) is 0 Å². The number of hydrogen-bond acceptors (Lipinski definition) is 6. The number of pyridine rings is 2. The predicted octanol–water partition coefficient (Wildman–Crippen LogP) is 3.74. The summed E-state index contributed by atoms with van der Waals surface area (Å²) in [6.45, 7) is 5.94. The molecule has 4 rings (SSSR count). The van der Waals surface area contributed by atoms with Crippen LogP contribution in [0.4, 0.5) is 11.4 Å². The molecule has 1 saturated heterocycles. The third-order valence-corrected chi connectivity index (χ3v) is 5.51. The van der Waals surface area contributed by atoms with Crippen LogP contribution in [0.15, 0.2) is 41.6 Å². The molecule has 3 aromatic rings. The maximum atomic E-state index is 6.22. The Balaban J connectivity index is 1.71. The Morgan fingerprint density at radius 1 is 1.46 bits per heavy atom. The largest absolute Gasteiger partial charge is 0.481 e. The van der Waals surface area contributed by atoms with Crippen LogP contribution in [-0.2, 0) is 0 Å². The van der Waals surface area contributed by atoms with Gasteiger partial charge in [-0.25, -0.2) is 9.97 Å². The summed E-state index contributed by atoms with van der Waals surface area (Å²) < 4.78 is 6.16. The highest BCUT2D eigenvalue weighted by atomic mass is 79.9. The average Bonchev–Trinajstić information content (AvgIpc) is 3.10. The number of halogens is 1. The normalized spacial score (nSPS) is 17.0. The van der Waals surface area contributed by atoms with Crippen LogP contribution < -0.4 is 20.7 Å². The van der Waals surface area contributed by atoms with Crippen molar-refractivity contribution in [1.29, 1.82) is 0 Å². The van der Waals surface area contributed by atoms with Gasteiger partial charge >= 0.3 is 0 Å². The number of nitrogens with zero attached hydrogens (tertiary/aromatic N) is 3. The molecule has 3 aromatic heterocycles. The van der Waals surface area contributed by atoms with Gasteiger partial charge in [-0.2, -0.15) is 0 Å². The number of H-pyrrole nitrogens is 1. The highest BCUT2D eigenvalue weighted by molar-refractivity contribution is 9.10. The lowest BCUT2D eigenvalue weighted by Gasteiger charge is -2.33. The molecule has 0 amide bonds. The Hall–Kier alpha value is -2.58. The fraction of sp³-hybridized carbons (Fsp3) is 0.300. The van der Waals surface area contributed by atoms with Gasteiger partial charge in [0.1, 0.15) is 5.65 Å². The van der Waals surface area contributed by atoms with Crippen molar-refractivity contribution in [2.45, 2.75) is 18.9 Å². The number of fused-ring (bicyclic) bond motifs is 1. The second-order valence-electron chi connectivity index (χ2n) is 6.90. The van der Waals surface area contributed by atoms with E-state index in [1.54, 1.807) is 13.2 Å². The van der Waals surface area contributed by atoms with E-state index in [2.05, 4.69) is 47.7 Å². The molecule has 146 valence electrons. The van der Waals surface area contributed by atoms with Crippen molar-refractivity contribution in [3.05, 3.63) is 47.3 Å². The van der Waals surface area contributed by atoms with Crippen LogP contribution in [0, 0.1) is 0 Å². The van der Waals surface area contributed by atoms with Crippen molar-refractivity contribution < 1.29 is 4.74 Å². The van der Waals surface area contributed by atoms with Gasteiger partial charge in [-0.05, 0) is 34.8 Å². The van der Waals surface area contributed by atoms with Crippen molar-refractivity contribution in [2.75, 3.05) is 30.4 Å². The van der Waals surface area contributed by atoms with Gasteiger partial charge in [0, 0.05) is 37.6 Å². The van der Waals surface area contributed by atoms with Crippen molar-refractivity contribution in [1.82, 2.24) is 15.0 Å². The van der Waals surface area contributed by atoms with Gasteiger partial charge in [-0.15, -0.1) is 0 Å². The number of nitrogens with two attached hydrogens (primary N) is 1. The Kier molecular flexibility index (Phi) is 5.23. The van der Waals surface area contributed by atoms with Crippen molar-refractivity contribution in [3.8, 4) is 5.88 Å². The molecule has 0 saturated carbocycles. The molecule has 8 heteroatoms. The maximum absolute atomic E-state index is 6.22. The van der Waals surface area contributed by atoms with E-state index in [0.717, 1.165) is 58.5 Å². The lowest BCUT2D eigenvalue weighted by molar-refractivity contribution is 0.397. The van der Waals surface area contributed by atoms with Crippen LogP contribution in [0.3, 0.4) is 0 Å². The van der Waals surface area contributed by atoms with E-state index in [0.29, 0.717) is 11.6 Å². The molecule has 0 aromatic carbocycles. The molecule has 4 heterocycles. The van der Waals surface area contributed by atoms with Crippen LogP contribution >= 0.6 is 15.9 Å². The quantitative estimate of drug-likeness (QED) is 0.557. The minimum absolute atomic E-state index is 0.176. The number of aromatic nitrogens is 3. The van der Waals surface area contributed by atoms with E-state index >= 15 is 0 Å². The molecule has 1 aliphatic heterocycles. The zero-order valence-corrected chi connectivity index (χ0v) is 17.3. The zero-order chi connectivity index (χ0) is 19.7. The first kappa shape index (κ1) is 18.8. The fourth-order valence-corrected chi connectivity index (χ4v) is 4.15. The van der Waals surface area contributed by atoms with Crippen molar-refractivity contribution >= 4 is 44.0 Å². The maximum Gasteiger partial charge on any atom is 0.213 e. The summed E-state index contributed by atoms with van der Waals surface area (Å²) in [5, 5.41) is 4.39. The highest BCUT2D eigenvalue weighted by Gasteiger charge is 2.23. The lowest BCUT2D eigenvalue weighted by atomic mass is 10.1. The zero-order valence-electron chi connectivity index (χ0n) is 15.7. The molecule has 7 nitrogen and oxygen atoms in total. The number of piperidine rings is 1. The summed E-state index contributed by atoms with van der Waals surface area (Å²) in [5.74, 6) is 0.548. The number of hydrogen-bond donors (Lipinski definition) is 3. The third-order valence-electron chi connectivity index (χ3n) is 4.93. The van der Waals surface area contributed by atoms with Gasteiger partial charge < -0.3 is 25.7 Å². The van der Waals surface area contributed by atoms with Gasteiger partial charge in [0.05, 0.1) is 39.7 Å². The molecular formula is C20H23BrN6O. The monoisotopic (exact) mass is 442 g/mol. The fourth-order valence-electron chi connectivity index (χ4n) is 3.60. The molecule has 1 aliphatic rings. The van der Waals surface area contributed by atoms with Crippen molar-refractivity contribution in [3.63, 3.8) is 0 Å².